The molecule has 4 saturated carbocycles. The van der Waals surface area contributed by atoms with Crippen molar-refractivity contribution in [3.05, 3.63) is 35.8 Å². The highest BCUT2D eigenvalue weighted by atomic mass is 16.2. The number of hydrogen-bond acceptors (Lipinski definition) is 4. The number of fused-ring (bicyclic) bond motifs is 1. The van der Waals surface area contributed by atoms with Gasteiger partial charge in [0.25, 0.3) is 5.91 Å². The Morgan fingerprint density at radius 2 is 1.85 bits per heavy atom. The number of aromatic nitrogens is 2. The summed E-state index contributed by atoms with van der Waals surface area (Å²) in [6.07, 6.45) is 11.1. The molecule has 2 aromatic rings. The summed E-state index contributed by atoms with van der Waals surface area (Å²) < 4.78 is 1.94. The molecule has 4 aliphatic carbocycles. The smallest absolute Gasteiger partial charge is 0.268 e. The summed E-state index contributed by atoms with van der Waals surface area (Å²) in [5.74, 6) is 2.71. The Balaban J connectivity index is 1.13. The molecule has 0 spiro atoms. The van der Waals surface area contributed by atoms with Gasteiger partial charge >= 0.3 is 0 Å². The summed E-state index contributed by atoms with van der Waals surface area (Å²) in [5, 5.41) is 6.33. The number of nitrogens with one attached hydrogen (secondary N) is 2. The molecule has 5 aliphatic rings. The minimum absolute atomic E-state index is 0.00666. The van der Waals surface area contributed by atoms with E-state index >= 15 is 0 Å². The molecular formula is C26H35N5O2. The zero-order chi connectivity index (χ0) is 22.6. The van der Waals surface area contributed by atoms with Crippen LogP contribution in [0.5, 0.6) is 0 Å². The van der Waals surface area contributed by atoms with E-state index in [0.717, 1.165) is 61.7 Å². The summed E-state index contributed by atoms with van der Waals surface area (Å²) in [6, 6.07) is 6.00. The fourth-order valence-corrected chi connectivity index (χ4v) is 7.80. The van der Waals surface area contributed by atoms with Gasteiger partial charge in [0.15, 0.2) is 0 Å². The van der Waals surface area contributed by atoms with Crippen LogP contribution < -0.4 is 10.6 Å². The Labute approximate surface area is 195 Å². The third-order valence-electron chi connectivity index (χ3n) is 8.63. The van der Waals surface area contributed by atoms with Gasteiger partial charge in [0.05, 0.1) is 5.69 Å². The number of likely N-dealkylation sites (tertiary alicyclic amines) is 1. The number of rotatable bonds is 6. The number of amides is 2. The Bertz CT molecular complexity index is 1040. The molecule has 2 N–H and O–H groups in total. The zero-order valence-electron chi connectivity index (χ0n) is 19.6. The van der Waals surface area contributed by atoms with Crippen LogP contribution in [0.15, 0.2) is 24.4 Å². The van der Waals surface area contributed by atoms with E-state index in [1.807, 2.05) is 28.8 Å². The second-order valence-corrected chi connectivity index (χ2v) is 11.4. The van der Waals surface area contributed by atoms with Crippen LogP contribution in [-0.2, 0) is 11.3 Å². The van der Waals surface area contributed by atoms with Crippen LogP contribution in [-0.4, -0.2) is 51.8 Å². The van der Waals surface area contributed by atoms with Gasteiger partial charge in [0.1, 0.15) is 11.3 Å². The van der Waals surface area contributed by atoms with Crippen LogP contribution in [0.25, 0.3) is 5.65 Å². The van der Waals surface area contributed by atoms with Crippen LogP contribution in [0.3, 0.4) is 0 Å². The van der Waals surface area contributed by atoms with Crippen LogP contribution in [0.4, 0.5) is 0 Å². The van der Waals surface area contributed by atoms with Crippen LogP contribution in [0.1, 0.15) is 68.1 Å². The van der Waals surface area contributed by atoms with Crippen LogP contribution in [0.2, 0.25) is 0 Å². The summed E-state index contributed by atoms with van der Waals surface area (Å²) in [4.78, 5) is 31.7. The summed E-state index contributed by atoms with van der Waals surface area (Å²) in [5.41, 5.74) is 2.76. The van der Waals surface area contributed by atoms with Crippen molar-refractivity contribution < 1.29 is 9.59 Å². The Morgan fingerprint density at radius 3 is 2.55 bits per heavy atom. The van der Waals surface area contributed by atoms with Crippen molar-refractivity contribution in [3.63, 3.8) is 0 Å². The largest absolute Gasteiger partial charge is 0.352 e. The first-order valence-corrected chi connectivity index (χ1v) is 12.7. The number of pyridine rings is 1. The average molecular weight is 450 g/mol. The highest BCUT2D eigenvalue weighted by Gasteiger charge is 2.50. The fraction of sp³-hybridized carbons (Fsp3) is 0.654. The highest BCUT2D eigenvalue weighted by molar-refractivity contribution is 5.93. The first kappa shape index (κ1) is 21.1. The molecule has 1 atom stereocenters. The maximum absolute atomic E-state index is 13.2. The quantitative estimate of drug-likeness (QED) is 0.711. The lowest BCUT2D eigenvalue weighted by Crippen LogP contribution is -2.51. The minimum atomic E-state index is 0.00666. The third kappa shape index (κ3) is 4.16. The number of hydrogen-bond donors (Lipinski definition) is 2. The Morgan fingerprint density at radius 1 is 1.12 bits per heavy atom. The van der Waals surface area contributed by atoms with Crippen LogP contribution in [0, 0.1) is 23.2 Å². The van der Waals surface area contributed by atoms with E-state index in [0.29, 0.717) is 11.1 Å². The van der Waals surface area contributed by atoms with Gasteiger partial charge in [-0.3, -0.25) is 18.9 Å². The SMILES string of the molecule is CC(=O)NC1CCN(Cc2cn3c(C(=O)NCC45CC6CC(CC(C6)C4)C5)cccc3n2)C1. The van der Waals surface area contributed by atoms with Crippen molar-refractivity contribution in [1.29, 1.82) is 0 Å². The number of nitrogens with zero attached hydrogens (tertiary/aromatic N) is 3. The molecule has 33 heavy (non-hydrogen) atoms. The number of imidazole rings is 1. The second kappa shape index (κ2) is 8.12. The van der Waals surface area contributed by atoms with E-state index in [9.17, 15) is 9.59 Å². The molecule has 0 aromatic carbocycles. The molecule has 7 rings (SSSR count). The molecule has 1 aliphatic heterocycles. The Hall–Kier alpha value is -2.41. The molecule has 0 radical (unpaired) electrons. The third-order valence-corrected chi connectivity index (χ3v) is 8.63. The first-order chi connectivity index (χ1) is 15.9. The normalized spacial score (nSPS) is 33.0. The van der Waals surface area contributed by atoms with E-state index in [2.05, 4.69) is 15.5 Å². The maximum Gasteiger partial charge on any atom is 0.268 e. The molecule has 2 amide bonds. The minimum Gasteiger partial charge on any atom is -0.352 e. The molecule has 7 heteroatoms. The van der Waals surface area contributed by atoms with Crippen molar-refractivity contribution >= 4 is 17.5 Å². The van der Waals surface area contributed by atoms with E-state index in [1.165, 1.54) is 38.5 Å². The fourth-order valence-electron chi connectivity index (χ4n) is 7.80. The van der Waals surface area contributed by atoms with Gasteiger partial charge < -0.3 is 10.6 Å². The molecule has 1 unspecified atom stereocenters. The van der Waals surface area contributed by atoms with Gasteiger partial charge in [-0.1, -0.05) is 6.07 Å². The second-order valence-electron chi connectivity index (χ2n) is 11.4. The molecule has 2 aromatic heterocycles. The monoisotopic (exact) mass is 449 g/mol. The van der Waals surface area contributed by atoms with Gasteiger partial charge in [-0.2, -0.15) is 0 Å². The van der Waals surface area contributed by atoms with Crippen molar-refractivity contribution in [1.82, 2.24) is 24.9 Å². The van der Waals surface area contributed by atoms with Crippen molar-refractivity contribution in [2.45, 2.75) is 64.5 Å². The highest BCUT2D eigenvalue weighted by Crippen LogP contribution is 2.59. The van der Waals surface area contributed by atoms with Gasteiger partial charge in [-0.15, -0.1) is 0 Å². The maximum atomic E-state index is 13.2. The first-order valence-electron chi connectivity index (χ1n) is 12.7. The van der Waals surface area contributed by atoms with E-state index in [4.69, 9.17) is 4.98 Å². The summed E-state index contributed by atoms with van der Waals surface area (Å²) in [7, 11) is 0. The predicted octanol–water partition coefficient (Wildman–Crippen LogP) is 2.99. The van der Waals surface area contributed by atoms with Gasteiger partial charge in [-0.25, -0.2) is 4.98 Å². The molecule has 7 nitrogen and oxygen atoms in total. The predicted molar refractivity (Wildman–Crippen MR) is 126 cm³/mol. The van der Waals surface area contributed by atoms with Gasteiger partial charge in [0.2, 0.25) is 5.91 Å². The number of carbonyl (C=O) groups is 2. The van der Waals surface area contributed by atoms with Gasteiger partial charge in [-0.05, 0) is 80.2 Å². The summed E-state index contributed by atoms with van der Waals surface area (Å²) in [6.45, 7) is 4.89. The van der Waals surface area contributed by atoms with Crippen molar-refractivity contribution in [3.8, 4) is 0 Å². The lowest BCUT2D eigenvalue weighted by atomic mass is 9.49. The van der Waals surface area contributed by atoms with E-state index in [1.54, 1.807) is 6.92 Å². The molecule has 1 saturated heterocycles. The Kier molecular flexibility index (Phi) is 5.20. The van der Waals surface area contributed by atoms with E-state index < -0.39 is 0 Å². The lowest BCUT2D eigenvalue weighted by Gasteiger charge is -2.56. The van der Waals surface area contributed by atoms with Gasteiger partial charge in [0, 0.05) is 45.3 Å². The van der Waals surface area contributed by atoms with Crippen molar-refractivity contribution in [2.24, 2.45) is 23.2 Å². The average Bonchev–Trinajstić information content (AvgIpc) is 3.36. The number of carbonyl (C=O) groups excluding carboxylic acids is 2. The van der Waals surface area contributed by atoms with Crippen molar-refractivity contribution in [2.75, 3.05) is 19.6 Å². The lowest BCUT2D eigenvalue weighted by molar-refractivity contribution is -0.119. The standard InChI is InChI=1S/C26H35N5O2/c1-17(32)28-21-5-6-30(13-21)14-22-15-31-23(3-2-4-24(31)29-22)25(33)27-16-26-10-18-7-19(11-26)9-20(8-18)12-26/h2-4,15,18-21H,5-14,16H2,1H3,(H,27,33)(H,28,32). The molecule has 5 fully saturated rings. The molecule has 3 heterocycles. The molecular weight excluding hydrogens is 414 g/mol. The van der Waals surface area contributed by atoms with E-state index in [-0.39, 0.29) is 17.9 Å². The molecule has 4 bridgehead atoms. The molecule has 176 valence electrons. The van der Waals surface area contributed by atoms with Crippen LogP contribution >= 0.6 is 0 Å². The zero-order valence-corrected chi connectivity index (χ0v) is 19.6. The topological polar surface area (TPSA) is 78.7 Å². The summed E-state index contributed by atoms with van der Waals surface area (Å²) >= 11 is 0.